The molecule has 3 atom stereocenters. The van der Waals surface area contributed by atoms with Crippen molar-refractivity contribution >= 4 is 35.3 Å². The van der Waals surface area contributed by atoms with E-state index in [9.17, 15) is 9.59 Å². The van der Waals surface area contributed by atoms with Gasteiger partial charge in [0, 0.05) is 36.8 Å². The third kappa shape index (κ3) is 8.87. The van der Waals surface area contributed by atoms with E-state index in [2.05, 4.69) is 35.6 Å². The summed E-state index contributed by atoms with van der Waals surface area (Å²) in [5.74, 6) is 6.24. The Bertz CT molecular complexity index is 1170. The number of carbonyl (C=O) groups excluding carboxylic acids is 2. The predicted molar refractivity (Wildman–Crippen MR) is 160 cm³/mol. The molecule has 202 valence electrons. The molecule has 1 aliphatic heterocycles. The lowest BCUT2D eigenvalue weighted by Gasteiger charge is -2.23. The van der Waals surface area contributed by atoms with E-state index in [4.69, 9.17) is 5.73 Å². The van der Waals surface area contributed by atoms with Gasteiger partial charge >= 0.3 is 0 Å². The van der Waals surface area contributed by atoms with Crippen molar-refractivity contribution < 1.29 is 9.59 Å². The number of nitrogens with zero attached hydrogens (tertiary/aromatic N) is 1. The van der Waals surface area contributed by atoms with Crippen molar-refractivity contribution in [3.63, 3.8) is 0 Å². The molecular weight excluding hydrogens is 512 g/mol. The molecule has 1 aromatic carbocycles. The van der Waals surface area contributed by atoms with Gasteiger partial charge in [0.1, 0.15) is 5.37 Å². The van der Waals surface area contributed by atoms with Crippen LogP contribution in [0.15, 0.2) is 65.4 Å². The van der Waals surface area contributed by atoms with Gasteiger partial charge in [-0.05, 0) is 73.1 Å². The fourth-order valence-electron chi connectivity index (χ4n) is 4.15. The average Bonchev–Trinajstić information content (AvgIpc) is 3.52. The van der Waals surface area contributed by atoms with Crippen LogP contribution in [0.2, 0.25) is 0 Å². The van der Waals surface area contributed by atoms with Crippen molar-refractivity contribution in [3.05, 3.63) is 82.4 Å². The van der Waals surface area contributed by atoms with Crippen molar-refractivity contribution in [2.45, 2.75) is 62.6 Å². The fourth-order valence-corrected chi connectivity index (χ4v) is 6.17. The molecule has 1 aromatic heterocycles. The molecule has 6 nitrogen and oxygen atoms in total. The Hall–Kier alpha value is -2.86. The van der Waals surface area contributed by atoms with Crippen LogP contribution < -0.4 is 11.1 Å². The molecule has 0 spiro atoms. The molecule has 1 aliphatic rings. The molecule has 2 aromatic rings. The van der Waals surface area contributed by atoms with Crippen LogP contribution in [0.3, 0.4) is 0 Å². The van der Waals surface area contributed by atoms with Crippen LogP contribution in [0.1, 0.15) is 68.3 Å². The normalized spacial score (nSPS) is 18.1. The molecule has 38 heavy (non-hydrogen) atoms. The maximum Gasteiger partial charge on any atom is 0.237 e. The third-order valence-electron chi connectivity index (χ3n) is 6.34. The Morgan fingerprint density at radius 3 is 2.79 bits per heavy atom. The first-order chi connectivity index (χ1) is 18.4. The van der Waals surface area contributed by atoms with Gasteiger partial charge in [0.05, 0.1) is 10.9 Å². The standard InChI is InChI=1S/C30H38N4O2S2/c1-4-23(31)13-10-20-34-29(36)27(21-28(35)32-19-18-25(5-2)37-6-3)38-30(34)26-17-16-24(33-26)15-14-22-11-8-7-9-12-22/h5-9,11-12,16-17,23,27,30,33H,3-4,10,13,18-21,31H2,1-2H3,(H,32,35)/b25-5-. The number of hydrogen-bond donors (Lipinski definition) is 3. The summed E-state index contributed by atoms with van der Waals surface area (Å²) in [5.41, 5.74) is 8.78. The van der Waals surface area contributed by atoms with Gasteiger partial charge in [-0.25, -0.2) is 0 Å². The maximum atomic E-state index is 13.4. The number of allylic oxidation sites excluding steroid dienone is 1. The van der Waals surface area contributed by atoms with Crippen LogP contribution in [-0.2, 0) is 9.59 Å². The van der Waals surface area contributed by atoms with Gasteiger partial charge in [0.25, 0.3) is 0 Å². The second-order valence-corrected chi connectivity index (χ2v) is 11.5. The van der Waals surface area contributed by atoms with Crippen molar-refractivity contribution in [3.8, 4) is 11.8 Å². The average molecular weight is 551 g/mol. The second-order valence-electron chi connectivity index (χ2n) is 9.11. The number of aromatic nitrogens is 1. The minimum absolute atomic E-state index is 0.00287. The Labute approximate surface area is 235 Å². The molecule has 1 fully saturated rings. The summed E-state index contributed by atoms with van der Waals surface area (Å²) in [6.45, 7) is 8.93. The van der Waals surface area contributed by atoms with E-state index in [-0.39, 0.29) is 29.7 Å². The first kappa shape index (κ1) is 29.7. The van der Waals surface area contributed by atoms with Crippen LogP contribution in [0.4, 0.5) is 0 Å². The van der Waals surface area contributed by atoms with Crippen LogP contribution in [0.5, 0.6) is 0 Å². The fraction of sp³-hybridized carbons (Fsp3) is 0.400. The lowest BCUT2D eigenvalue weighted by atomic mass is 10.1. The lowest BCUT2D eigenvalue weighted by molar-refractivity contribution is -0.132. The minimum Gasteiger partial charge on any atom is -0.356 e. The summed E-state index contributed by atoms with van der Waals surface area (Å²) in [6, 6.07) is 13.9. The number of thioether (sulfide) groups is 2. The summed E-state index contributed by atoms with van der Waals surface area (Å²) in [5, 5.41) is 4.14. The zero-order chi connectivity index (χ0) is 27.3. The van der Waals surface area contributed by atoms with Gasteiger partial charge in [-0.2, -0.15) is 0 Å². The molecule has 4 N–H and O–H groups in total. The molecule has 1 saturated heterocycles. The summed E-state index contributed by atoms with van der Waals surface area (Å²) in [7, 11) is 0. The number of rotatable bonds is 13. The second kappa shape index (κ2) is 15.5. The van der Waals surface area contributed by atoms with Gasteiger partial charge in [-0.1, -0.05) is 43.7 Å². The van der Waals surface area contributed by atoms with E-state index in [1.165, 1.54) is 11.8 Å². The van der Waals surface area contributed by atoms with Crippen LogP contribution in [-0.4, -0.2) is 46.1 Å². The summed E-state index contributed by atoms with van der Waals surface area (Å²) in [6.07, 6.45) is 5.52. The van der Waals surface area contributed by atoms with E-state index < -0.39 is 5.25 Å². The van der Waals surface area contributed by atoms with Gasteiger partial charge in [0.2, 0.25) is 11.8 Å². The SMILES string of the molecule is C=CS/C(=C\C)CCNC(=O)CC1SC(c2ccc(C#Cc3ccccc3)[nH]2)N(CCCC(N)CC)C1=O. The number of carbonyl (C=O) groups is 2. The highest BCUT2D eigenvalue weighted by Crippen LogP contribution is 2.44. The minimum atomic E-state index is -0.425. The van der Waals surface area contributed by atoms with E-state index >= 15 is 0 Å². The molecule has 0 radical (unpaired) electrons. The lowest BCUT2D eigenvalue weighted by Crippen LogP contribution is -2.35. The molecule has 0 saturated carbocycles. The van der Waals surface area contributed by atoms with Gasteiger partial charge < -0.3 is 20.9 Å². The van der Waals surface area contributed by atoms with Gasteiger partial charge in [-0.3, -0.25) is 9.59 Å². The first-order valence-electron chi connectivity index (χ1n) is 13.1. The number of benzene rings is 1. The van der Waals surface area contributed by atoms with Gasteiger partial charge in [0.15, 0.2) is 0 Å². The molecule has 8 heteroatoms. The summed E-state index contributed by atoms with van der Waals surface area (Å²) in [4.78, 5) is 32.6. The number of nitrogens with two attached hydrogens (primary N) is 1. The van der Waals surface area contributed by atoms with Crippen LogP contribution >= 0.6 is 23.5 Å². The molecule has 2 heterocycles. The van der Waals surface area contributed by atoms with E-state index in [1.807, 2.05) is 60.4 Å². The zero-order valence-electron chi connectivity index (χ0n) is 22.2. The number of H-pyrrole nitrogens is 1. The van der Waals surface area contributed by atoms with Crippen molar-refractivity contribution in [1.29, 1.82) is 0 Å². The number of amides is 2. The number of nitrogens with one attached hydrogen (secondary N) is 2. The molecular formula is C30H38N4O2S2. The highest BCUT2D eigenvalue weighted by molar-refractivity contribution is 8.05. The van der Waals surface area contributed by atoms with Gasteiger partial charge in [-0.15, -0.1) is 23.5 Å². The molecule has 0 aliphatic carbocycles. The summed E-state index contributed by atoms with van der Waals surface area (Å²) >= 11 is 3.09. The Balaban J connectivity index is 1.67. The first-order valence-corrected chi connectivity index (χ1v) is 14.9. The molecule has 2 amide bonds. The van der Waals surface area contributed by atoms with E-state index in [0.29, 0.717) is 13.1 Å². The van der Waals surface area contributed by atoms with Crippen molar-refractivity contribution in [1.82, 2.24) is 15.2 Å². The van der Waals surface area contributed by atoms with Crippen LogP contribution in [0.25, 0.3) is 0 Å². The highest BCUT2D eigenvalue weighted by atomic mass is 32.2. The Kier molecular flexibility index (Phi) is 12.1. The van der Waals surface area contributed by atoms with Crippen molar-refractivity contribution in [2.75, 3.05) is 13.1 Å². The topological polar surface area (TPSA) is 91.2 Å². The zero-order valence-corrected chi connectivity index (χ0v) is 23.9. The van der Waals surface area contributed by atoms with Crippen LogP contribution in [0, 0.1) is 11.8 Å². The Morgan fingerprint density at radius 2 is 2.08 bits per heavy atom. The third-order valence-corrected chi connectivity index (χ3v) is 8.72. The quantitative estimate of drug-likeness (QED) is 0.285. The van der Waals surface area contributed by atoms with E-state index in [1.54, 1.807) is 17.2 Å². The van der Waals surface area contributed by atoms with Crippen molar-refractivity contribution in [2.24, 2.45) is 5.73 Å². The maximum absolute atomic E-state index is 13.4. The smallest absolute Gasteiger partial charge is 0.237 e. The molecule has 3 rings (SSSR count). The monoisotopic (exact) mass is 550 g/mol. The number of hydrogen-bond acceptors (Lipinski definition) is 5. The highest BCUT2D eigenvalue weighted by Gasteiger charge is 2.42. The molecule has 0 bridgehead atoms. The largest absolute Gasteiger partial charge is 0.356 e. The Morgan fingerprint density at radius 1 is 1.29 bits per heavy atom. The number of aromatic amines is 1. The molecule has 3 unspecified atom stereocenters. The summed E-state index contributed by atoms with van der Waals surface area (Å²) < 4.78 is 0. The predicted octanol–water partition coefficient (Wildman–Crippen LogP) is 5.55. The van der Waals surface area contributed by atoms with E-state index in [0.717, 1.165) is 47.5 Å².